The molecular weight excluding hydrogens is 360 g/mol. The SMILES string of the molecule is CC(Oc1cccc2c(CC(C)(C)NC(=O)OC(C)(C)C)c[nH]c12)C(=O)NN. The van der Waals surface area contributed by atoms with E-state index >= 15 is 0 Å². The summed E-state index contributed by atoms with van der Waals surface area (Å²) in [6.07, 6.45) is 1.27. The van der Waals surface area contributed by atoms with Crippen LogP contribution < -0.4 is 21.3 Å². The zero-order valence-corrected chi connectivity index (χ0v) is 17.3. The van der Waals surface area contributed by atoms with Crippen LogP contribution in [-0.4, -0.2) is 34.2 Å². The first-order chi connectivity index (χ1) is 12.9. The average molecular weight is 390 g/mol. The van der Waals surface area contributed by atoms with Gasteiger partial charge in [-0.15, -0.1) is 0 Å². The summed E-state index contributed by atoms with van der Waals surface area (Å²) in [5.41, 5.74) is 2.79. The zero-order chi connectivity index (χ0) is 21.1. The van der Waals surface area contributed by atoms with E-state index < -0.39 is 29.2 Å². The molecule has 1 heterocycles. The normalized spacial score (nSPS) is 13.1. The second-order valence-electron chi connectivity index (χ2n) is 8.45. The summed E-state index contributed by atoms with van der Waals surface area (Å²) in [6, 6.07) is 5.61. The number of amides is 2. The minimum atomic E-state index is -0.729. The fraction of sp³-hybridized carbons (Fsp3) is 0.500. The summed E-state index contributed by atoms with van der Waals surface area (Å²) < 4.78 is 11.1. The number of hydrogen-bond donors (Lipinski definition) is 4. The predicted octanol–water partition coefficient (Wildman–Crippen LogP) is 2.77. The van der Waals surface area contributed by atoms with Gasteiger partial charge in [0.25, 0.3) is 5.91 Å². The van der Waals surface area contributed by atoms with Gasteiger partial charge in [-0.05, 0) is 59.6 Å². The Kier molecular flexibility index (Phi) is 6.23. The number of alkyl carbamates (subject to hydrolysis) is 1. The Bertz CT molecular complexity index is 851. The van der Waals surface area contributed by atoms with Crippen LogP contribution in [0.1, 0.15) is 47.1 Å². The number of nitrogens with one attached hydrogen (secondary N) is 3. The van der Waals surface area contributed by atoms with Crippen LogP contribution in [0.25, 0.3) is 10.9 Å². The molecule has 2 amide bonds. The number of rotatable bonds is 6. The van der Waals surface area contributed by atoms with Crippen molar-refractivity contribution >= 4 is 22.9 Å². The van der Waals surface area contributed by atoms with E-state index in [-0.39, 0.29) is 0 Å². The molecule has 0 bridgehead atoms. The van der Waals surface area contributed by atoms with Gasteiger partial charge in [-0.25, -0.2) is 10.6 Å². The molecule has 0 spiro atoms. The molecule has 28 heavy (non-hydrogen) atoms. The van der Waals surface area contributed by atoms with Gasteiger partial charge in [0.15, 0.2) is 6.10 Å². The van der Waals surface area contributed by atoms with E-state index in [4.69, 9.17) is 15.3 Å². The second kappa shape index (κ2) is 8.10. The van der Waals surface area contributed by atoms with Crippen molar-refractivity contribution in [3.63, 3.8) is 0 Å². The van der Waals surface area contributed by atoms with Crippen molar-refractivity contribution in [3.05, 3.63) is 30.0 Å². The number of aromatic amines is 1. The maximum absolute atomic E-state index is 12.1. The van der Waals surface area contributed by atoms with Gasteiger partial charge >= 0.3 is 6.09 Å². The standard InChI is InChI=1S/C20H30N4O4/c1-12(17(25)24-21)27-15-9-7-8-14-13(11-22-16(14)15)10-20(5,6)23-18(26)28-19(2,3)4/h7-9,11-12,22H,10,21H2,1-6H3,(H,23,26)(H,24,25). The Labute approximate surface area is 165 Å². The summed E-state index contributed by atoms with van der Waals surface area (Å²) in [4.78, 5) is 26.9. The number of H-pyrrole nitrogens is 1. The van der Waals surface area contributed by atoms with E-state index in [1.807, 2.05) is 52.9 Å². The first-order valence-electron chi connectivity index (χ1n) is 9.19. The van der Waals surface area contributed by atoms with Gasteiger partial charge in [0.1, 0.15) is 11.4 Å². The van der Waals surface area contributed by atoms with E-state index in [1.165, 1.54) is 0 Å². The van der Waals surface area contributed by atoms with Crippen molar-refractivity contribution in [1.82, 2.24) is 15.7 Å². The number of carbonyl (C=O) groups is 2. The quantitative estimate of drug-likeness (QED) is 0.344. The minimum absolute atomic E-state index is 0.411. The third kappa shape index (κ3) is 5.63. The van der Waals surface area contributed by atoms with Crippen LogP contribution in [0, 0.1) is 0 Å². The molecule has 2 aromatic rings. The number of aromatic nitrogens is 1. The maximum atomic E-state index is 12.1. The molecule has 1 atom stereocenters. The Hall–Kier alpha value is -2.74. The number of hydrogen-bond acceptors (Lipinski definition) is 5. The molecule has 154 valence electrons. The molecule has 0 aliphatic rings. The number of fused-ring (bicyclic) bond motifs is 1. The van der Waals surface area contributed by atoms with E-state index in [9.17, 15) is 9.59 Å². The Morgan fingerprint density at radius 2 is 1.89 bits per heavy atom. The van der Waals surface area contributed by atoms with E-state index in [0.717, 1.165) is 16.5 Å². The lowest BCUT2D eigenvalue weighted by atomic mass is 9.95. The number of ether oxygens (including phenoxy) is 2. The Balaban J connectivity index is 2.19. The summed E-state index contributed by atoms with van der Waals surface area (Å²) in [6.45, 7) is 11.0. The number of nitrogens with two attached hydrogens (primary N) is 1. The molecule has 0 aliphatic heterocycles. The lowest BCUT2D eigenvalue weighted by Gasteiger charge is -2.28. The summed E-state index contributed by atoms with van der Waals surface area (Å²) in [7, 11) is 0. The van der Waals surface area contributed by atoms with Crippen molar-refractivity contribution in [2.24, 2.45) is 5.84 Å². The van der Waals surface area contributed by atoms with Gasteiger partial charge in [-0.3, -0.25) is 10.2 Å². The highest BCUT2D eigenvalue weighted by Crippen LogP contribution is 2.30. The van der Waals surface area contributed by atoms with Crippen molar-refractivity contribution in [3.8, 4) is 5.75 Å². The molecule has 2 rings (SSSR count). The summed E-state index contributed by atoms with van der Waals surface area (Å²) in [5, 5.41) is 3.87. The van der Waals surface area contributed by atoms with Gasteiger partial charge in [0, 0.05) is 17.1 Å². The van der Waals surface area contributed by atoms with E-state index in [0.29, 0.717) is 12.2 Å². The van der Waals surface area contributed by atoms with Crippen LogP contribution in [0.5, 0.6) is 5.75 Å². The smallest absolute Gasteiger partial charge is 0.408 e. The molecule has 8 heteroatoms. The third-order valence-electron chi connectivity index (χ3n) is 4.05. The van der Waals surface area contributed by atoms with Gasteiger partial charge in [-0.2, -0.15) is 0 Å². The molecule has 0 fully saturated rings. The minimum Gasteiger partial charge on any atom is -0.479 e. The number of hydrazine groups is 1. The monoisotopic (exact) mass is 390 g/mol. The number of carbonyl (C=O) groups excluding carboxylic acids is 2. The van der Waals surface area contributed by atoms with Crippen LogP contribution in [0.15, 0.2) is 24.4 Å². The van der Waals surface area contributed by atoms with Gasteiger partial charge < -0.3 is 19.8 Å². The lowest BCUT2D eigenvalue weighted by Crippen LogP contribution is -2.47. The molecule has 1 unspecified atom stereocenters. The molecule has 5 N–H and O–H groups in total. The van der Waals surface area contributed by atoms with Crippen LogP contribution in [-0.2, 0) is 16.0 Å². The van der Waals surface area contributed by atoms with Crippen LogP contribution in [0.2, 0.25) is 0 Å². The highest BCUT2D eigenvalue weighted by atomic mass is 16.6. The number of benzene rings is 1. The van der Waals surface area contributed by atoms with Gasteiger partial charge in [0.2, 0.25) is 0 Å². The lowest BCUT2D eigenvalue weighted by molar-refractivity contribution is -0.127. The highest BCUT2D eigenvalue weighted by Gasteiger charge is 2.26. The van der Waals surface area contributed by atoms with E-state index in [1.54, 1.807) is 13.0 Å². The third-order valence-corrected chi connectivity index (χ3v) is 4.05. The zero-order valence-electron chi connectivity index (χ0n) is 17.3. The second-order valence-corrected chi connectivity index (χ2v) is 8.45. The van der Waals surface area contributed by atoms with Crippen molar-refractivity contribution in [2.75, 3.05) is 0 Å². The largest absolute Gasteiger partial charge is 0.479 e. The first kappa shape index (κ1) is 21.6. The van der Waals surface area contributed by atoms with Gasteiger partial charge in [0.05, 0.1) is 5.52 Å². The fourth-order valence-corrected chi connectivity index (χ4v) is 2.89. The first-order valence-corrected chi connectivity index (χ1v) is 9.19. The topological polar surface area (TPSA) is 118 Å². The van der Waals surface area contributed by atoms with Crippen LogP contribution >= 0.6 is 0 Å². The Morgan fingerprint density at radius 3 is 2.50 bits per heavy atom. The predicted molar refractivity (Wildman–Crippen MR) is 108 cm³/mol. The molecule has 0 saturated carbocycles. The molecule has 0 radical (unpaired) electrons. The van der Waals surface area contributed by atoms with E-state index in [2.05, 4.69) is 15.7 Å². The highest BCUT2D eigenvalue weighted by molar-refractivity contribution is 5.89. The molecule has 1 aromatic carbocycles. The summed E-state index contributed by atoms with van der Waals surface area (Å²) >= 11 is 0. The maximum Gasteiger partial charge on any atom is 0.408 e. The molecule has 1 aromatic heterocycles. The molecule has 0 saturated heterocycles. The fourth-order valence-electron chi connectivity index (χ4n) is 2.89. The van der Waals surface area contributed by atoms with Crippen molar-refractivity contribution in [1.29, 1.82) is 0 Å². The average Bonchev–Trinajstić information content (AvgIpc) is 2.94. The number of para-hydroxylation sites is 1. The van der Waals surface area contributed by atoms with Gasteiger partial charge in [-0.1, -0.05) is 12.1 Å². The van der Waals surface area contributed by atoms with Crippen LogP contribution in [0.4, 0.5) is 4.79 Å². The van der Waals surface area contributed by atoms with Crippen molar-refractivity contribution < 1.29 is 19.1 Å². The van der Waals surface area contributed by atoms with Crippen molar-refractivity contribution in [2.45, 2.75) is 65.2 Å². The summed E-state index contributed by atoms with van der Waals surface area (Å²) in [5.74, 6) is 5.30. The Morgan fingerprint density at radius 1 is 1.21 bits per heavy atom. The molecular formula is C20H30N4O4. The molecule has 8 nitrogen and oxygen atoms in total. The van der Waals surface area contributed by atoms with Crippen LogP contribution in [0.3, 0.4) is 0 Å². The molecule has 0 aliphatic carbocycles.